The molecular weight excluding hydrogens is 352 g/mol. The SMILES string of the molecule is CCOC(=O)CC(C)CCCCC(OC(C)=O)c1ccc2c(c1)C=CC(C)C2. The molecule has 0 fully saturated rings. The van der Waals surface area contributed by atoms with Gasteiger partial charge in [0.15, 0.2) is 0 Å². The van der Waals surface area contributed by atoms with Crippen molar-refractivity contribution in [1.29, 1.82) is 0 Å². The summed E-state index contributed by atoms with van der Waals surface area (Å²) in [7, 11) is 0. The quantitative estimate of drug-likeness (QED) is 0.385. The van der Waals surface area contributed by atoms with Crippen molar-refractivity contribution in [1.82, 2.24) is 0 Å². The molecule has 28 heavy (non-hydrogen) atoms. The molecular formula is C24H34O4. The van der Waals surface area contributed by atoms with E-state index in [4.69, 9.17) is 9.47 Å². The Morgan fingerprint density at radius 3 is 2.68 bits per heavy atom. The van der Waals surface area contributed by atoms with Crippen molar-refractivity contribution in [3.05, 3.63) is 41.0 Å². The molecule has 3 unspecified atom stereocenters. The molecule has 4 heteroatoms. The standard InChI is InChI=1S/C24H34O4/c1-5-27-24(26)15-17(2)8-6-7-9-23(28-19(4)25)22-13-12-20-14-18(3)10-11-21(20)16-22/h10-13,16-18,23H,5-9,14-15H2,1-4H3. The van der Waals surface area contributed by atoms with Crippen LogP contribution in [0, 0.1) is 11.8 Å². The smallest absolute Gasteiger partial charge is 0.306 e. The van der Waals surface area contributed by atoms with Crippen molar-refractivity contribution in [3.8, 4) is 0 Å². The second kappa shape index (κ2) is 11.0. The number of ether oxygens (including phenoxy) is 2. The van der Waals surface area contributed by atoms with Crippen LogP contribution in [-0.2, 0) is 25.5 Å². The number of fused-ring (bicyclic) bond motifs is 1. The topological polar surface area (TPSA) is 52.6 Å². The van der Waals surface area contributed by atoms with Crippen molar-refractivity contribution in [2.45, 2.75) is 72.3 Å². The number of hydrogen-bond acceptors (Lipinski definition) is 4. The van der Waals surface area contributed by atoms with Gasteiger partial charge in [0.25, 0.3) is 0 Å². The number of rotatable bonds is 10. The average molecular weight is 387 g/mol. The van der Waals surface area contributed by atoms with Gasteiger partial charge in [0.1, 0.15) is 6.10 Å². The summed E-state index contributed by atoms with van der Waals surface area (Å²) in [5.74, 6) is 0.507. The molecule has 1 aromatic rings. The maximum atomic E-state index is 11.6. The lowest BCUT2D eigenvalue weighted by molar-refractivity contribution is -0.147. The molecule has 3 atom stereocenters. The Labute approximate surface area is 169 Å². The van der Waals surface area contributed by atoms with Crippen LogP contribution in [0.2, 0.25) is 0 Å². The minimum atomic E-state index is -0.248. The first-order valence-electron chi connectivity index (χ1n) is 10.5. The zero-order valence-corrected chi connectivity index (χ0v) is 17.7. The highest BCUT2D eigenvalue weighted by molar-refractivity contribution is 5.69. The van der Waals surface area contributed by atoms with Gasteiger partial charge in [0.05, 0.1) is 6.61 Å². The van der Waals surface area contributed by atoms with Gasteiger partial charge < -0.3 is 9.47 Å². The maximum absolute atomic E-state index is 11.6. The van der Waals surface area contributed by atoms with Crippen molar-refractivity contribution in [3.63, 3.8) is 0 Å². The number of esters is 2. The van der Waals surface area contributed by atoms with Crippen LogP contribution in [0.1, 0.15) is 82.6 Å². The molecule has 154 valence electrons. The van der Waals surface area contributed by atoms with Gasteiger partial charge >= 0.3 is 11.9 Å². The van der Waals surface area contributed by atoms with Crippen LogP contribution >= 0.6 is 0 Å². The van der Waals surface area contributed by atoms with Crippen molar-refractivity contribution in [2.75, 3.05) is 6.61 Å². The van der Waals surface area contributed by atoms with Crippen LogP contribution in [0.25, 0.3) is 6.08 Å². The number of hydrogen-bond donors (Lipinski definition) is 0. The summed E-state index contributed by atoms with van der Waals surface area (Å²) in [6.07, 6.45) is 9.44. The van der Waals surface area contributed by atoms with Crippen LogP contribution in [0.3, 0.4) is 0 Å². The Morgan fingerprint density at radius 1 is 1.21 bits per heavy atom. The number of benzene rings is 1. The predicted molar refractivity (Wildman–Crippen MR) is 112 cm³/mol. The summed E-state index contributed by atoms with van der Waals surface area (Å²) in [5.41, 5.74) is 3.65. The molecule has 0 aromatic heterocycles. The van der Waals surface area contributed by atoms with E-state index < -0.39 is 0 Å². The second-order valence-corrected chi connectivity index (χ2v) is 8.00. The monoisotopic (exact) mass is 386 g/mol. The Bertz CT molecular complexity index is 692. The summed E-state index contributed by atoms with van der Waals surface area (Å²) < 4.78 is 10.6. The first-order chi connectivity index (χ1) is 13.4. The highest BCUT2D eigenvalue weighted by Crippen LogP contribution is 2.30. The highest BCUT2D eigenvalue weighted by atomic mass is 16.5. The van der Waals surface area contributed by atoms with Crippen molar-refractivity contribution >= 4 is 18.0 Å². The predicted octanol–water partition coefficient (Wildman–Crippen LogP) is 5.65. The minimum absolute atomic E-state index is 0.121. The number of unbranched alkanes of at least 4 members (excludes halogenated alkanes) is 1. The summed E-state index contributed by atoms with van der Waals surface area (Å²) >= 11 is 0. The van der Waals surface area contributed by atoms with Gasteiger partial charge in [-0.25, -0.2) is 0 Å². The molecule has 0 heterocycles. The van der Waals surface area contributed by atoms with E-state index in [9.17, 15) is 9.59 Å². The lowest BCUT2D eigenvalue weighted by Gasteiger charge is -2.21. The van der Waals surface area contributed by atoms with E-state index in [1.165, 1.54) is 18.1 Å². The summed E-state index contributed by atoms with van der Waals surface area (Å²) in [6, 6.07) is 6.43. The van der Waals surface area contributed by atoms with Gasteiger partial charge in [-0.2, -0.15) is 0 Å². The van der Waals surface area contributed by atoms with E-state index in [2.05, 4.69) is 44.2 Å². The molecule has 0 aliphatic heterocycles. The van der Waals surface area contributed by atoms with E-state index in [-0.39, 0.29) is 18.0 Å². The molecule has 1 aliphatic carbocycles. The fourth-order valence-corrected chi connectivity index (χ4v) is 3.76. The first kappa shape index (κ1) is 22.2. The number of carbonyl (C=O) groups excluding carboxylic acids is 2. The third-order valence-corrected chi connectivity index (χ3v) is 5.23. The average Bonchev–Trinajstić information content (AvgIpc) is 2.63. The third-order valence-electron chi connectivity index (χ3n) is 5.23. The molecule has 1 aliphatic rings. The van der Waals surface area contributed by atoms with Gasteiger partial charge in [-0.1, -0.05) is 51.0 Å². The zero-order chi connectivity index (χ0) is 20.5. The molecule has 0 amide bonds. The molecule has 2 rings (SSSR count). The van der Waals surface area contributed by atoms with E-state index in [0.717, 1.165) is 37.7 Å². The van der Waals surface area contributed by atoms with E-state index in [1.54, 1.807) is 0 Å². The van der Waals surface area contributed by atoms with E-state index >= 15 is 0 Å². The normalized spacial score (nSPS) is 17.5. The molecule has 0 saturated carbocycles. The van der Waals surface area contributed by atoms with Gasteiger partial charge in [-0.15, -0.1) is 0 Å². The third kappa shape index (κ3) is 7.14. The summed E-state index contributed by atoms with van der Waals surface area (Å²) in [5, 5.41) is 0. The second-order valence-electron chi connectivity index (χ2n) is 8.00. The number of allylic oxidation sites excluding steroid dienone is 1. The van der Waals surface area contributed by atoms with E-state index in [1.807, 2.05) is 6.92 Å². The van der Waals surface area contributed by atoms with Crippen LogP contribution in [0.15, 0.2) is 24.3 Å². The summed E-state index contributed by atoms with van der Waals surface area (Å²) in [4.78, 5) is 23.1. The molecule has 0 N–H and O–H groups in total. The summed E-state index contributed by atoms with van der Waals surface area (Å²) in [6.45, 7) is 8.03. The zero-order valence-electron chi connectivity index (χ0n) is 17.7. The molecule has 0 saturated heterocycles. The Hall–Kier alpha value is -2.10. The fraction of sp³-hybridized carbons (Fsp3) is 0.583. The Kier molecular flexibility index (Phi) is 8.75. The maximum Gasteiger partial charge on any atom is 0.306 e. The first-order valence-corrected chi connectivity index (χ1v) is 10.5. The van der Waals surface area contributed by atoms with Gasteiger partial charge in [-0.3, -0.25) is 9.59 Å². The molecule has 0 radical (unpaired) electrons. The lowest BCUT2D eigenvalue weighted by atomic mass is 9.88. The fourth-order valence-electron chi connectivity index (χ4n) is 3.76. The molecule has 0 spiro atoms. The van der Waals surface area contributed by atoms with Crippen molar-refractivity contribution < 1.29 is 19.1 Å². The Balaban J connectivity index is 1.90. The number of carbonyl (C=O) groups is 2. The lowest BCUT2D eigenvalue weighted by Crippen LogP contribution is -2.11. The van der Waals surface area contributed by atoms with Crippen LogP contribution in [0.5, 0.6) is 0 Å². The molecule has 1 aromatic carbocycles. The van der Waals surface area contributed by atoms with Crippen LogP contribution in [-0.4, -0.2) is 18.5 Å². The van der Waals surface area contributed by atoms with Gasteiger partial charge in [-0.05, 0) is 60.8 Å². The molecule has 4 nitrogen and oxygen atoms in total. The highest BCUT2D eigenvalue weighted by Gasteiger charge is 2.18. The van der Waals surface area contributed by atoms with Gasteiger partial charge in [0.2, 0.25) is 0 Å². The van der Waals surface area contributed by atoms with Crippen molar-refractivity contribution in [2.24, 2.45) is 11.8 Å². The van der Waals surface area contributed by atoms with Crippen LogP contribution in [0.4, 0.5) is 0 Å². The van der Waals surface area contributed by atoms with Crippen LogP contribution < -0.4 is 0 Å². The Morgan fingerprint density at radius 2 is 1.96 bits per heavy atom. The van der Waals surface area contributed by atoms with E-state index in [0.29, 0.717) is 24.9 Å². The largest absolute Gasteiger partial charge is 0.466 e. The molecule has 0 bridgehead atoms. The minimum Gasteiger partial charge on any atom is -0.466 e. The van der Waals surface area contributed by atoms with Gasteiger partial charge in [0, 0.05) is 13.3 Å².